The predicted molar refractivity (Wildman–Crippen MR) is 494 cm³/mol. The molecule has 23 rings (SSSR count). The summed E-state index contributed by atoms with van der Waals surface area (Å²) in [5.41, 5.74) is 5.55. The van der Waals surface area contributed by atoms with E-state index >= 15 is 5.11 Å². The Kier molecular flexibility index (Phi) is 18.8. The van der Waals surface area contributed by atoms with Crippen LogP contribution in [-0.2, 0) is 5.41 Å². The Morgan fingerprint density at radius 3 is 1.11 bits per heavy atom. The van der Waals surface area contributed by atoms with Gasteiger partial charge in [0.25, 0.3) is 0 Å². The first-order chi connectivity index (χ1) is 65.2. The summed E-state index contributed by atoms with van der Waals surface area (Å²) in [7, 11) is 0. The van der Waals surface area contributed by atoms with Crippen LogP contribution in [0.2, 0.25) is 0 Å². The largest absolute Gasteiger partial charge is 0.508 e. The van der Waals surface area contributed by atoms with Crippen molar-refractivity contribution in [3.63, 3.8) is 0 Å². The van der Waals surface area contributed by atoms with E-state index in [4.69, 9.17) is 18.9 Å². The number of fused-ring (bicyclic) bond motifs is 8. The molecule has 0 saturated heterocycles. The van der Waals surface area contributed by atoms with Crippen molar-refractivity contribution in [3.8, 4) is 132 Å². The highest BCUT2D eigenvalue weighted by molar-refractivity contribution is 5.78. The van der Waals surface area contributed by atoms with Gasteiger partial charge in [-0.3, -0.25) is 0 Å². The Labute approximate surface area is 770 Å². The smallest absolute Gasteiger partial charge is 0.138 e. The van der Waals surface area contributed by atoms with Crippen molar-refractivity contribution in [1.82, 2.24) is 0 Å². The van der Waals surface area contributed by atoms with Crippen molar-refractivity contribution in [3.05, 3.63) is 431 Å². The van der Waals surface area contributed by atoms with Gasteiger partial charge in [-0.2, -0.15) is 0 Å². The monoisotopic (exact) mass is 1800 g/mol. The molecule has 16 atom stereocenters. The van der Waals surface area contributed by atoms with E-state index in [-0.39, 0.29) is 142 Å². The van der Waals surface area contributed by atoms with E-state index in [9.17, 15) is 91.9 Å². The van der Waals surface area contributed by atoms with E-state index in [0.29, 0.717) is 78.1 Å². The quantitative estimate of drug-likeness (QED) is 0.0481. The lowest BCUT2D eigenvalue weighted by atomic mass is 9.56. The summed E-state index contributed by atoms with van der Waals surface area (Å²) in [5, 5.41) is 236. The maximum atomic E-state index is 15.5. The molecule has 0 spiro atoms. The minimum atomic E-state index is -1.91. The Morgan fingerprint density at radius 2 is 0.615 bits per heavy atom. The third-order valence-electron chi connectivity index (χ3n) is 29.1. The molecular weight excluding hydrogens is 1710 g/mol. The minimum absolute atomic E-state index is 0.00317. The second kappa shape index (κ2) is 30.8. The lowest BCUT2D eigenvalue weighted by Gasteiger charge is -2.45. The normalized spacial score (nSPS) is 22.9. The van der Waals surface area contributed by atoms with Crippen molar-refractivity contribution >= 4 is 0 Å². The summed E-state index contributed by atoms with van der Waals surface area (Å²) in [6.07, 6.45) is -4.88. The van der Waals surface area contributed by atoms with Crippen molar-refractivity contribution in [1.29, 1.82) is 0 Å². The van der Waals surface area contributed by atoms with Gasteiger partial charge in [-0.15, -0.1) is 0 Å². The fourth-order valence-electron chi connectivity index (χ4n) is 24.3. The number of hydrogen-bond acceptors (Lipinski definition) is 23. The zero-order chi connectivity index (χ0) is 92.9. The van der Waals surface area contributed by atoms with E-state index in [2.05, 4.69) is 0 Å². The summed E-state index contributed by atoms with van der Waals surface area (Å²) in [6.45, 7) is 0. The Morgan fingerprint density at radius 1 is 0.230 bits per heavy atom. The standard InChI is InChI=1S/C112H84O23/c113-61-21-5-51(6-22-61)88-93-76(43-73(125)46-81(93)128)98-95-78(45-75(127)48-86(95)132-108(98)56-15-31-66(118)32-16-56)96(88)97-79-49-83(130)102(110-100(79)99(109(135-110)57-17-33-67(119)34-18-57)77-44-74(126)47-82(129)94(77)89(97)52-7-23-62(114)24-8-52)90(53-9-25-63(115)26-10-53)104-91(54-11-27-64(116)28-12-54)106(112(60-39-71(123)42-72(124)40-60)80-3-1-2-4-85(80)134-111(112)58-19-35-68(120)36-20-58)101-84(131)50-87-103(105(101)104)92(59-37-69(121)41-70(122)38-59)107(133-87)55-13-29-65(117)30-14-55/h1-50,88-92,96-99,104,106-109,111,113-131H. The molecule has 23 heteroatoms. The van der Waals surface area contributed by atoms with E-state index < -0.39 is 135 Å². The molecule has 3 aliphatic carbocycles. The van der Waals surface area contributed by atoms with Gasteiger partial charge in [-0.1, -0.05) is 115 Å². The lowest BCUT2D eigenvalue weighted by Crippen LogP contribution is -2.41. The minimum Gasteiger partial charge on any atom is -0.508 e. The predicted octanol–water partition coefficient (Wildman–Crippen LogP) is 21.0. The fourth-order valence-corrected chi connectivity index (χ4v) is 24.3. The molecule has 0 bridgehead atoms. The number of ether oxygens (including phenoxy) is 4. The van der Waals surface area contributed by atoms with Crippen molar-refractivity contribution in [2.24, 2.45) is 0 Å². The zero-order valence-corrected chi connectivity index (χ0v) is 71.2. The number of phenolic OH excluding ortho intramolecular Hbond substituents is 19. The second-order valence-corrected chi connectivity index (χ2v) is 36.3. The van der Waals surface area contributed by atoms with Gasteiger partial charge in [0, 0.05) is 128 Å². The van der Waals surface area contributed by atoms with Gasteiger partial charge in [0.15, 0.2) is 0 Å². The highest BCUT2D eigenvalue weighted by Crippen LogP contribution is 2.78. The molecular formula is C112H84O23. The van der Waals surface area contributed by atoms with Crippen LogP contribution < -0.4 is 18.9 Å². The molecule has 23 nitrogen and oxygen atoms in total. The number of para-hydroxylation sites is 1. The van der Waals surface area contributed by atoms with Crippen LogP contribution in [0.15, 0.2) is 303 Å². The maximum Gasteiger partial charge on any atom is 0.138 e. The number of phenols is 19. The number of aromatic hydroxyl groups is 19. The van der Waals surface area contributed by atoms with Gasteiger partial charge >= 0.3 is 0 Å². The molecule has 16 aromatic rings. The zero-order valence-electron chi connectivity index (χ0n) is 71.2. The molecule has 0 amide bonds. The summed E-state index contributed by atoms with van der Waals surface area (Å²) < 4.78 is 30.3. The number of rotatable bonds is 14. The first-order valence-corrected chi connectivity index (χ1v) is 44.1. The summed E-state index contributed by atoms with van der Waals surface area (Å²) >= 11 is 0. The van der Waals surface area contributed by atoms with E-state index in [1.807, 2.05) is 6.07 Å². The van der Waals surface area contributed by atoms with E-state index in [1.54, 1.807) is 133 Å². The highest BCUT2D eigenvalue weighted by Gasteiger charge is 2.67. The maximum absolute atomic E-state index is 15.5. The van der Waals surface area contributed by atoms with Crippen LogP contribution in [0, 0.1) is 0 Å². The molecule has 19 N–H and O–H groups in total. The molecule has 0 radical (unpaired) electrons. The summed E-state index contributed by atoms with van der Waals surface area (Å²) in [4.78, 5) is 0. The van der Waals surface area contributed by atoms with Gasteiger partial charge < -0.3 is 116 Å². The molecule has 4 aliphatic heterocycles. The second-order valence-electron chi connectivity index (χ2n) is 36.3. The van der Waals surface area contributed by atoms with E-state index in [1.165, 1.54) is 164 Å². The molecule has 7 aliphatic rings. The highest BCUT2D eigenvalue weighted by atomic mass is 16.5. The first-order valence-electron chi connectivity index (χ1n) is 44.1. The molecule has 135 heavy (non-hydrogen) atoms. The van der Waals surface area contributed by atoms with Crippen LogP contribution in [-0.4, -0.2) is 97.0 Å². The van der Waals surface area contributed by atoms with Gasteiger partial charge in [-0.05, 0) is 235 Å². The van der Waals surface area contributed by atoms with Gasteiger partial charge in [0.2, 0.25) is 0 Å². The Bertz CT molecular complexity index is 7460. The molecule has 670 valence electrons. The molecule has 16 unspecified atom stereocenters. The lowest BCUT2D eigenvalue weighted by molar-refractivity contribution is 0.140. The van der Waals surface area contributed by atoms with E-state index in [0.717, 1.165) is 0 Å². The average Bonchev–Trinajstić information content (AvgIpc) is 1.50. The van der Waals surface area contributed by atoms with Crippen LogP contribution in [0.25, 0.3) is 0 Å². The van der Waals surface area contributed by atoms with Gasteiger partial charge in [0.1, 0.15) is 157 Å². The fraction of sp³-hybridized carbons (Fsp3) is 0.143. The van der Waals surface area contributed by atoms with Crippen LogP contribution in [0.4, 0.5) is 0 Å². The van der Waals surface area contributed by atoms with Crippen molar-refractivity contribution in [2.45, 2.75) is 94.9 Å². The van der Waals surface area contributed by atoms with Crippen LogP contribution in [0.3, 0.4) is 0 Å². The Hall–Kier alpha value is -17.1. The van der Waals surface area contributed by atoms with Crippen LogP contribution >= 0.6 is 0 Å². The number of hydrogen-bond donors (Lipinski definition) is 19. The van der Waals surface area contributed by atoms with Gasteiger partial charge in [0.05, 0.1) is 23.2 Å². The molecule has 4 heterocycles. The van der Waals surface area contributed by atoms with Crippen LogP contribution in [0.5, 0.6) is 132 Å². The molecule has 0 aromatic heterocycles. The summed E-state index contributed by atoms with van der Waals surface area (Å²) in [6, 6.07) is 77.9. The van der Waals surface area contributed by atoms with Crippen molar-refractivity contribution < 1.29 is 116 Å². The Balaban J connectivity index is 0.904. The average molecular weight is 1800 g/mol. The molecule has 0 saturated carbocycles. The number of benzene rings is 16. The topological polar surface area (TPSA) is 421 Å². The van der Waals surface area contributed by atoms with Crippen LogP contribution in [0.1, 0.15) is 217 Å². The first kappa shape index (κ1) is 82.3. The molecule has 16 aromatic carbocycles. The third kappa shape index (κ3) is 12.9. The SMILES string of the molecule is Oc1ccc(C2Oc3cc(O)c4c(c3C2c2cc(O)cc(O)c2)C(C(c2ccc(O)cc2)c2c(O)cc3c5c2OC(c2ccc(O)cc2)C5c2cc(O)cc(O)c2C(c2ccc(O)cc2)C3C2c3cc(O)cc5c3C(c3cc(O)cc(O)c3C2c2ccc(O)cc2)C(c2ccc(O)cc2)O5)C(c2ccc(O)cc2)C4C2(c3cc(O)cc(O)c3)c3ccccc3OC2c2ccc(O)cc2)cc1. The molecule has 0 fully saturated rings. The summed E-state index contributed by atoms with van der Waals surface area (Å²) in [5.74, 6) is -19.3. The van der Waals surface area contributed by atoms with Gasteiger partial charge in [-0.25, -0.2) is 0 Å². The van der Waals surface area contributed by atoms with Crippen molar-refractivity contribution in [2.75, 3.05) is 0 Å². The third-order valence-corrected chi connectivity index (χ3v) is 29.1.